The summed E-state index contributed by atoms with van der Waals surface area (Å²) in [6, 6.07) is 0. The van der Waals surface area contributed by atoms with Crippen molar-refractivity contribution in [3.63, 3.8) is 0 Å². The van der Waals surface area contributed by atoms with E-state index >= 15 is 0 Å². The van der Waals surface area contributed by atoms with Crippen LogP contribution in [0.1, 0.15) is 57.8 Å². The molecule has 1 aromatic heterocycles. The molecule has 86 valence electrons. The molecule has 1 N–H and O–H groups in total. The van der Waals surface area contributed by atoms with Crippen LogP contribution in [0.2, 0.25) is 0 Å². The SMILES string of the molecule is CCC(O)C(C)c1nc(C(C)(C)C)ns1. The van der Waals surface area contributed by atoms with Crippen LogP contribution in [0.4, 0.5) is 0 Å². The highest BCUT2D eigenvalue weighted by Crippen LogP contribution is 2.27. The fourth-order valence-electron chi connectivity index (χ4n) is 1.24. The molecule has 0 fully saturated rings. The van der Waals surface area contributed by atoms with Gasteiger partial charge < -0.3 is 5.11 Å². The van der Waals surface area contributed by atoms with Gasteiger partial charge in [-0.15, -0.1) is 0 Å². The number of nitrogens with zero attached hydrogens (tertiary/aromatic N) is 2. The zero-order valence-corrected chi connectivity index (χ0v) is 10.9. The Labute approximate surface area is 95.7 Å². The standard InChI is InChI=1S/C11H20N2OS/c1-6-8(14)7(2)9-12-10(13-15-9)11(3,4)5/h7-8,14H,6H2,1-5H3. The van der Waals surface area contributed by atoms with E-state index in [1.165, 1.54) is 11.5 Å². The van der Waals surface area contributed by atoms with E-state index in [4.69, 9.17) is 0 Å². The lowest BCUT2D eigenvalue weighted by atomic mass is 9.96. The Balaban J connectivity index is 2.85. The highest BCUT2D eigenvalue weighted by atomic mass is 32.1. The Morgan fingerprint density at radius 1 is 1.40 bits per heavy atom. The van der Waals surface area contributed by atoms with Gasteiger partial charge in [0, 0.05) is 11.3 Å². The summed E-state index contributed by atoms with van der Waals surface area (Å²) in [6.45, 7) is 10.3. The molecule has 2 atom stereocenters. The Kier molecular flexibility index (Phi) is 3.84. The zero-order chi connectivity index (χ0) is 11.6. The van der Waals surface area contributed by atoms with E-state index in [0.29, 0.717) is 0 Å². The first-order valence-corrected chi connectivity index (χ1v) is 6.15. The van der Waals surface area contributed by atoms with Crippen LogP contribution in [0.5, 0.6) is 0 Å². The van der Waals surface area contributed by atoms with Gasteiger partial charge in [-0.05, 0) is 18.0 Å². The molecule has 0 aromatic carbocycles. The molecular formula is C11H20N2OS. The minimum atomic E-state index is -0.314. The summed E-state index contributed by atoms with van der Waals surface area (Å²) in [5, 5.41) is 10.7. The fraction of sp³-hybridized carbons (Fsp3) is 0.818. The Morgan fingerprint density at radius 2 is 2.00 bits per heavy atom. The first-order chi connectivity index (χ1) is 6.86. The Hall–Kier alpha value is -0.480. The molecule has 3 nitrogen and oxygen atoms in total. The molecule has 0 amide bonds. The van der Waals surface area contributed by atoms with Gasteiger partial charge in [0.1, 0.15) is 10.8 Å². The van der Waals surface area contributed by atoms with Gasteiger partial charge in [0.25, 0.3) is 0 Å². The fourth-order valence-corrected chi connectivity index (χ4v) is 2.19. The van der Waals surface area contributed by atoms with Crippen molar-refractivity contribution in [2.75, 3.05) is 0 Å². The van der Waals surface area contributed by atoms with Gasteiger partial charge in [0.15, 0.2) is 0 Å². The molecule has 2 unspecified atom stereocenters. The lowest BCUT2D eigenvalue weighted by Crippen LogP contribution is -2.16. The van der Waals surface area contributed by atoms with E-state index in [1.807, 2.05) is 13.8 Å². The van der Waals surface area contributed by atoms with Gasteiger partial charge in [-0.1, -0.05) is 34.6 Å². The minimum absolute atomic E-state index is 0.00830. The van der Waals surface area contributed by atoms with Crippen molar-refractivity contribution in [1.29, 1.82) is 0 Å². The van der Waals surface area contributed by atoms with Crippen LogP contribution >= 0.6 is 11.5 Å². The van der Waals surface area contributed by atoms with Gasteiger partial charge >= 0.3 is 0 Å². The van der Waals surface area contributed by atoms with E-state index in [2.05, 4.69) is 30.1 Å². The molecule has 1 aromatic rings. The number of hydrogen-bond donors (Lipinski definition) is 1. The highest BCUT2D eigenvalue weighted by Gasteiger charge is 2.23. The monoisotopic (exact) mass is 228 g/mol. The van der Waals surface area contributed by atoms with Crippen molar-refractivity contribution in [2.45, 2.75) is 58.5 Å². The normalized spacial score (nSPS) is 16.4. The summed E-state index contributed by atoms with van der Waals surface area (Å²) < 4.78 is 4.34. The van der Waals surface area contributed by atoms with E-state index in [1.54, 1.807) is 0 Å². The van der Waals surface area contributed by atoms with E-state index < -0.39 is 0 Å². The minimum Gasteiger partial charge on any atom is -0.392 e. The van der Waals surface area contributed by atoms with Crippen molar-refractivity contribution in [2.24, 2.45) is 0 Å². The van der Waals surface area contributed by atoms with Gasteiger partial charge in [-0.2, -0.15) is 4.37 Å². The molecule has 1 heterocycles. The second-order valence-electron chi connectivity index (χ2n) is 4.97. The summed E-state index contributed by atoms with van der Waals surface area (Å²) in [5.74, 6) is 0.959. The van der Waals surface area contributed by atoms with E-state index in [0.717, 1.165) is 17.3 Å². The second-order valence-corrected chi connectivity index (χ2v) is 5.75. The van der Waals surface area contributed by atoms with Crippen molar-refractivity contribution < 1.29 is 5.11 Å². The number of aliphatic hydroxyl groups is 1. The number of hydrogen-bond acceptors (Lipinski definition) is 4. The third kappa shape index (κ3) is 2.98. The van der Waals surface area contributed by atoms with E-state index in [-0.39, 0.29) is 17.4 Å². The summed E-state index contributed by atoms with van der Waals surface area (Å²) in [4.78, 5) is 4.50. The quantitative estimate of drug-likeness (QED) is 0.865. The van der Waals surface area contributed by atoms with Crippen LogP contribution in [-0.2, 0) is 5.41 Å². The van der Waals surface area contributed by atoms with Crippen molar-refractivity contribution in [1.82, 2.24) is 9.36 Å². The lowest BCUT2D eigenvalue weighted by Gasteiger charge is -2.15. The maximum absolute atomic E-state index is 9.73. The van der Waals surface area contributed by atoms with E-state index in [9.17, 15) is 5.11 Å². The molecule has 0 bridgehead atoms. The predicted molar refractivity (Wildman–Crippen MR) is 63.3 cm³/mol. The third-order valence-corrected chi connectivity index (χ3v) is 3.41. The first-order valence-electron chi connectivity index (χ1n) is 5.38. The maximum Gasteiger partial charge on any atom is 0.147 e. The maximum atomic E-state index is 9.73. The van der Waals surface area contributed by atoms with Crippen LogP contribution in [0, 0.1) is 0 Å². The predicted octanol–water partition coefficient (Wildman–Crippen LogP) is 2.71. The lowest BCUT2D eigenvalue weighted by molar-refractivity contribution is 0.145. The third-order valence-electron chi connectivity index (χ3n) is 2.50. The van der Waals surface area contributed by atoms with Crippen LogP contribution < -0.4 is 0 Å². The first kappa shape index (κ1) is 12.6. The summed E-state index contributed by atoms with van der Waals surface area (Å²) in [7, 11) is 0. The van der Waals surface area contributed by atoms with Gasteiger partial charge in [-0.3, -0.25) is 0 Å². The number of aliphatic hydroxyl groups excluding tert-OH is 1. The Bertz CT molecular complexity index is 317. The van der Waals surface area contributed by atoms with Crippen LogP contribution in [0.3, 0.4) is 0 Å². The van der Waals surface area contributed by atoms with Crippen molar-refractivity contribution in [3.05, 3.63) is 10.8 Å². The smallest absolute Gasteiger partial charge is 0.147 e. The second kappa shape index (κ2) is 4.58. The molecule has 1 rings (SSSR count). The molecular weight excluding hydrogens is 208 g/mol. The van der Waals surface area contributed by atoms with Gasteiger partial charge in [0.05, 0.1) is 6.10 Å². The number of rotatable bonds is 3. The summed E-state index contributed by atoms with van der Waals surface area (Å²) >= 11 is 1.41. The van der Waals surface area contributed by atoms with Gasteiger partial charge in [-0.25, -0.2) is 4.98 Å². The summed E-state index contributed by atoms with van der Waals surface area (Å²) in [6.07, 6.45) is 0.441. The molecule has 0 saturated heterocycles. The van der Waals surface area contributed by atoms with Crippen LogP contribution in [-0.4, -0.2) is 20.6 Å². The van der Waals surface area contributed by atoms with Crippen LogP contribution in [0.25, 0.3) is 0 Å². The molecule has 0 aliphatic heterocycles. The Morgan fingerprint density at radius 3 is 2.40 bits per heavy atom. The molecule has 0 aliphatic rings. The molecule has 0 radical (unpaired) electrons. The topological polar surface area (TPSA) is 46.0 Å². The molecule has 0 saturated carbocycles. The van der Waals surface area contributed by atoms with Crippen molar-refractivity contribution >= 4 is 11.5 Å². The van der Waals surface area contributed by atoms with Crippen molar-refractivity contribution in [3.8, 4) is 0 Å². The average Bonchev–Trinajstić information content (AvgIpc) is 2.63. The average molecular weight is 228 g/mol. The molecule has 0 aliphatic carbocycles. The number of aromatic nitrogens is 2. The summed E-state index contributed by atoms with van der Waals surface area (Å²) in [5.41, 5.74) is -0.00830. The molecule has 15 heavy (non-hydrogen) atoms. The molecule has 4 heteroatoms. The van der Waals surface area contributed by atoms with Gasteiger partial charge in [0.2, 0.25) is 0 Å². The van der Waals surface area contributed by atoms with Crippen LogP contribution in [0.15, 0.2) is 0 Å². The largest absolute Gasteiger partial charge is 0.392 e. The molecule has 0 spiro atoms. The highest BCUT2D eigenvalue weighted by molar-refractivity contribution is 7.05. The zero-order valence-electron chi connectivity index (χ0n) is 10.1.